The first-order valence-electron chi connectivity index (χ1n) is 6.64. The molecule has 0 aliphatic heterocycles. The van der Waals surface area contributed by atoms with E-state index in [2.05, 4.69) is 0 Å². The van der Waals surface area contributed by atoms with Crippen LogP contribution in [-0.4, -0.2) is 31.1 Å². The Morgan fingerprint density at radius 1 is 1.37 bits per heavy atom. The van der Waals surface area contributed by atoms with Crippen LogP contribution in [0.5, 0.6) is 0 Å². The minimum absolute atomic E-state index is 0.0411. The molecule has 0 aliphatic rings. The van der Waals surface area contributed by atoms with Gasteiger partial charge in [-0.2, -0.15) is 0 Å². The van der Waals surface area contributed by atoms with Crippen molar-refractivity contribution in [1.82, 2.24) is 4.90 Å². The van der Waals surface area contributed by atoms with E-state index in [4.69, 9.17) is 4.74 Å². The summed E-state index contributed by atoms with van der Waals surface area (Å²) in [6.07, 6.45) is 1.20. The third-order valence-corrected chi connectivity index (χ3v) is 3.22. The highest BCUT2D eigenvalue weighted by atomic mass is 19.1. The maximum atomic E-state index is 12.9. The number of hydrogen-bond acceptors (Lipinski definition) is 2. The summed E-state index contributed by atoms with van der Waals surface area (Å²) in [5.41, 5.74) is 0.948. The quantitative estimate of drug-likeness (QED) is 0.710. The Morgan fingerprint density at radius 2 is 2.00 bits per heavy atom. The third-order valence-electron chi connectivity index (χ3n) is 3.22. The fourth-order valence-electron chi connectivity index (χ4n) is 2.10. The normalized spacial score (nSPS) is 12.2. The van der Waals surface area contributed by atoms with Crippen LogP contribution in [0.25, 0.3) is 0 Å². The summed E-state index contributed by atoms with van der Waals surface area (Å²) in [5.74, 6) is -0.151. The summed E-state index contributed by atoms with van der Waals surface area (Å²) in [5, 5.41) is 0. The molecule has 0 aliphatic carbocycles. The highest BCUT2D eigenvalue weighted by Crippen LogP contribution is 2.21. The molecule has 4 heteroatoms. The van der Waals surface area contributed by atoms with Crippen molar-refractivity contribution in [2.75, 3.05) is 20.3 Å². The van der Waals surface area contributed by atoms with Crippen molar-refractivity contribution in [3.63, 3.8) is 0 Å². The van der Waals surface area contributed by atoms with Crippen LogP contribution in [0, 0.1) is 5.82 Å². The molecule has 1 aromatic rings. The van der Waals surface area contributed by atoms with Crippen LogP contribution in [0.1, 0.15) is 38.3 Å². The topological polar surface area (TPSA) is 29.5 Å². The minimum atomic E-state index is -0.259. The van der Waals surface area contributed by atoms with Crippen LogP contribution >= 0.6 is 0 Å². The summed E-state index contributed by atoms with van der Waals surface area (Å²) >= 11 is 0. The maximum Gasteiger partial charge on any atom is 0.223 e. The van der Waals surface area contributed by atoms with Gasteiger partial charge in [0.1, 0.15) is 5.82 Å². The molecule has 0 N–H and O–H groups in total. The average molecular weight is 267 g/mol. The number of rotatable bonds is 7. The van der Waals surface area contributed by atoms with Gasteiger partial charge in [0.25, 0.3) is 0 Å². The lowest BCUT2D eigenvalue weighted by molar-refractivity contribution is -0.133. The van der Waals surface area contributed by atoms with Gasteiger partial charge in [-0.1, -0.05) is 12.1 Å². The summed E-state index contributed by atoms with van der Waals surface area (Å²) in [6.45, 7) is 5.15. The zero-order chi connectivity index (χ0) is 14.3. The van der Waals surface area contributed by atoms with Gasteiger partial charge in [-0.15, -0.1) is 0 Å². The van der Waals surface area contributed by atoms with Crippen molar-refractivity contribution in [2.45, 2.75) is 32.7 Å². The van der Waals surface area contributed by atoms with Gasteiger partial charge in [0.15, 0.2) is 0 Å². The highest BCUT2D eigenvalue weighted by molar-refractivity contribution is 5.76. The van der Waals surface area contributed by atoms with Crippen molar-refractivity contribution < 1.29 is 13.9 Å². The standard InChI is InChI=1S/C15H22FNO2/c1-4-17(15(18)6-5-11-19-3)12(2)13-7-9-14(16)10-8-13/h7-10,12H,4-6,11H2,1-3H3. The van der Waals surface area contributed by atoms with Crippen molar-refractivity contribution in [3.8, 4) is 0 Å². The molecule has 3 nitrogen and oxygen atoms in total. The molecule has 19 heavy (non-hydrogen) atoms. The number of carbonyl (C=O) groups is 1. The SMILES string of the molecule is CCN(C(=O)CCCOC)C(C)c1ccc(F)cc1. The summed E-state index contributed by atoms with van der Waals surface area (Å²) < 4.78 is 17.9. The Bertz CT molecular complexity index is 392. The number of amides is 1. The number of carbonyl (C=O) groups excluding carboxylic acids is 1. The molecule has 0 aromatic heterocycles. The molecule has 1 atom stereocenters. The Labute approximate surface area is 114 Å². The van der Waals surface area contributed by atoms with Crippen molar-refractivity contribution >= 4 is 5.91 Å². The lowest BCUT2D eigenvalue weighted by Crippen LogP contribution is -2.33. The largest absolute Gasteiger partial charge is 0.385 e. The van der Waals surface area contributed by atoms with E-state index in [-0.39, 0.29) is 17.8 Å². The molecule has 0 heterocycles. The van der Waals surface area contributed by atoms with Crippen molar-refractivity contribution in [1.29, 1.82) is 0 Å². The molecule has 0 bridgehead atoms. The predicted octanol–water partition coefficient (Wildman–Crippen LogP) is 3.16. The van der Waals surface area contributed by atoms with E-state index < -0.39 is 0 Å². The second kappa shape index (κ2) is 7.89. The first-order valence-corrected chi connectivity index (χ1v) is 6.64. The molecule has 1 rings (SSSR count). The van der Waals surface area contributed by atoms with Crippen LogP contribution in [-0.2, 0) is 9.53 Å². The van der Waals surface area contributed by atoms with Crippen LogP contribution in [0.4, 0.5) is 4.39 Å². The lowest BCUT2D eigenvalue weighted by atomic mass is 10.1. The van der Waals surface area contributed by atoms with Gasteiger partial charge in [-0.05, 0) is 38.0 Å². The van der Waals surface area contributed by atoms with E-state index in [0.29, 0.717) is 19.6 Å². The van der Waals surface area contributed by atoms with E-state index in [9.17, 15) is 9.18 Å². The molecule has 1 unspecified atom stereocenters. The molecule has 0 saturated heterocycles. The van der Waals surface area contributed by atoms with Crippen LogP contribution in [0.15, 0.2) is 24.3 Å². The molecule has 0 saturated carbocycles. The first kappa shape index (κ1) is 15.6. The van der Waals surface area contributed by atoms with Crippen molar-refractivity contribution in [3.05, 3.63) is 35.6 Å². The Kier molecular flexibility index (Phi) is 6.50. The minimum Gasteiger partial charge on any atom is -0.385 e. The molecule has 1 amide bonds. The Hall–Kier alpha value is -1.42. The number of methoxy groups -OCH3 is 1. The van der Waals surface area contributed by atoms with Crippen molar-refractivity contribution in [2.24, 2.45) is 0 Å². The summed E-state index contributed by atoms with van der Waals surface area (Å²) in [7, 11) is 1.63. The number of benzene rings is 1. The van der Waals surface area contributed by atoms with Crippen LogP contribution in [0.3, 0.4) is 0 Å². The summed E-state index contributed by atoms with van der Waals surface area (Å²) in [6, 6.07) is 6.26. The maximum absolute atomic E-state index is 12.9. The molecule has 1 aromatic carbocycles. The molecular weight excluding hydrogens is 245 g/mol. The van der Waals surface area contributed by atoms with Crippen LogP contribution < -0.4 is 0 Å². The van der Waals surface area contributed by atoms with Gasteiger partial charge in [0.05, 0.1) is 6.04 Å². The predicted molar refractivity (Wildman–Crippen MR) is 73.3 cm³/mol. The second-order valence-electron chi connectivity index (χ2n) is 4.50. The zero-order valence-electron chi connectivity index (χ0n) is 11.9. The molecular formula is C15H22FNO2. The van der Waals surface area contributed by atoms with Gasteiger partial charge < -0.3 is 9.64 Å². The molecule has 0 spiro atoms. The molecule has 0 radical (unpaired) electrons. The van der Waals surface area contributed by atoms with Crippen LogP contribution in [0.2, 0.25) is 0 Å². The van der Waals surface area contributed by atoms with Gasteiger partial charge in [-0.3, -0.25) is 4.79 Å². The van der Waals surface area contributed by atoms with E-state index in [0.717, 1.165) is 12.0 Å². The van der Waals surface area contributed by atoms with Gasteiger partial charge in [0.2, 0.25) is 5.91 Å². The van der Waals surface area contributed by atoms with Gasteiger partial charge >= 0.3 is 0 Å². The zero-order valence-corrected chi connectivity index (χ0v) is 11.9. The first-order chi connectivity index (χ1) is 9.10. The second-order valence-corrected chi connectivity index (χ2v) is 4.50. The number of nitrogens with zero attached hydrogens (tertiary/aromatic N) is 1. The lowest BCUT2D eigenvalue weighted by Gasteiger charge is -2.28. The Morgan fingerprint density at radius 3 is 2.53 bits per heavy atom. The fraction of sp³-hybridized carbons (Fsp3) is 0.533. The van der Waals surface area contributed by atoms with E-state index in [1.807, 2.05) is 18.7 Å². The highest BCUT2D eigenvalue weighted by Gasteiger charge is 2.19. The van der Waals surface area contributed by atoms with E-state index in [1.165, 1.54) is 12.1 Å². The van der Waals surface area contributed by atoms with Gasteiger partial charge in [-0.25, -0.2) is 4.39 Å². The monoisotopic (exact) mass is 267 g/mol. The molecule has 106 valence electrons. The smallest absolute Gasteiger partial charge is 0.223 e. The number of halogens is 1. The van der Waals surface area contributed by atoms with E-state index in [1.54, 1.807) is 19.2 Å². The number of hydrogen-bond donors (Lipinski definition) is 0. The average Bonchev–Trinajstić information content (AvgIpc) is 2.40. The summed E-state index contributed by atoms with van der Waals surface area (Å²) in [4.78, 5) is 13.9. The third kappa shape index (κ3) is 4.63. The fourth-order valence-corrected chi connectivity index (χ4v) is 2.10. The number of ether oxygens (including phenoxy) is 1. The van der Waals surface area contributed by atoms with Gasteiger partial charge in [0, 0.05) is 26.7 Å². The molecule has 0 fully saturated rings. The Balaban J connectivity index is 2.67. The van der Waals surface area contributed by atoms with E-state index >= 15 is 0 Å².